The second kappa shape index (κ2) is 10.2. The largest absolute Gasteiger partial charge is 0.454 e. The Kier molecular flexibility index (Phi) is 7.11. The fraction of sp³-hybridized carbons (Fsp3) is 0.304. The molecule has 180 valence electrons. The number of hydrogen-bond donors (Lipinski definition) is 2. The Balaban J connectivity index is 1.63. The molecule has 0 spiro atoms. The van der Waals surface area contributed by atoms with E-state index >= 15 is 0 Å². The quantitative estimate of drug-likeness (QED) is 0.461. The van der Waals surface area contributed by atoms with Crippen molar-refractivity contribution in [2.24, 2.45) is 4.99 Å². The van der Waals surface area contributed by atoms with Crippen molar-refractivity contribution in [3.8, 4) is 22.8 Å². The fourth-order valence-corrected chi connectivity index (χ4v) is 4.37. The Hall–Kier alpha value is -3.47. The number of fused-ring (bicyclic) bond motifs is 1. The van der Waals surface area contributed by atoms with Gasteiger partial charge in [-0.05, 0) is 55.8 Å². The van der Waals surface area contributed by atoms with Crippen molar-refractivity contribution in [2.45, 2.75) is 26.1 Å². The average Bonchev–Trinajstić information content (AvgIpc) is 3.43. The van der Waals surface area contributed by atoms with E-state index in [0.717, 1.165) is 23.4 Å². The number of alkyl halides is 3. The molecule has 34 heavy (non-hydrogen) atoms. The van der Waals surface area contributed by atoms with Gasteiger partial charge in [-0.1, -0.05) is 0 Å². The van der Waals surface area contributed by atoms with E-state index in [9.17, 15) is 18.0 Å². The molecule has 0 bridgehead atoms. The van der Waals surface area contributed by atoms with E-state index in [-0.39, 0.29) is 12.8 Å². The number of thiazole rings is 1. The van der Waals surface area contributed by atoms with Crippen LogP contribution in [0.4, 0.5) is 23.7 Å². The molecule has 11 heteroatoms. The number of hydrogen-bond acceptors (Lipinski definition) is 5. The van der Waals surface area contributed by atoms with Crippen molar-refractivity contribution in [3.05, 3.63) is 58.2 Å². The molecule has 2 heterocycles. The lowest BCUT2D eigenvalue weighted by Crippen LogP contribution is -2.36. The number of nitrogens with zero attached hydrogens (tertiary/aromatic N) is 2. The molecule has 1 aliphatic rings. The molecular weight excluding hydrogens is 469 g/mol. The van der Waals surface area contributed by atoms with Gasteiger partial charge < -0.3 is 24.7 Å². The summed E-state index contributed by atoms with van der Waals surface area (Å²) in [5.74, 6) is 1.32. The van der Waals surface area contributed by atoms with Crippen LogP contribution in [-0.4, -0.2) is 30.5 Å². The number of carbonyl (C=O) groups is 1. The monoisotopic (exact) mass is 492 g/mol. The Morgan fingerprint density at radius 3 is 2.62 bits per heavy atom. The number of ether oxygens (including phenoxy) is 2. The van der Waals surface area contributed by atoms with Gasteiger partial charge in [0.05, 0.1) is 16.9 Å². The normalized spacial score (nSPS) is 13.2. The predicted molar refractivity (Wildman–Crippen MR) is 122 cm³/mol. The maximum atomic E-state index is 12.9. The van der Waals surface area contributed by atoms with Gasteiger partial charge in [-0.2, -0.15) is 13.2 Å². The number of rotatable bonds is 7. The predicted octanol–water partition coefficient (Wildman–Crippen LogP) is 4.91. The third-order valence-corrected chi connectivity index (χ3v) is 5.93. The first kappa shape index (κ1) is 23.7. The third kappa shape index (κ3) is 5.53. The van der Waals surface area contributed by atoms with Gasteiger partial charge in [0, 0.05) is 30.6 Å². The lowest BCUT2D eigenvalue weighted by atomic mass is 10.1. The molecule has 2 aromatic carbocycles. The van der Waals surface area contributed by atoms with Gasteiger partial charge in [0.25, 0.3) is 0 Å². The van der Waals surface area contributed by atoms with E-state index in [4.69, 9.17) is 9.47 Å². The molecule has 1 aliphatic heterocycles. The average molecular weight is 493 g/mol. The first-order valence-corrected chi connectivity index (χ1v) is 11.5. The van der Waals surface area contributed by atoms with Crippen LogP contribution >= 0.6 is 11.3 Å². The second-order valence-corrected chi connectivity index (χ2v) is 8.26. The Labute approximate surface area is 197 Å². The molecule has 7 nitrogen and oxygen atoms in total. The molecule has 0 saturated carbocycles. The van der Waals surface area contributed by atoms with Crippen molar-refractivity contribution < 1.29 is 27.4 Å². The number of aromatic nitrogens is 1. The number of urea groups is 1. The van der Waals surface area contributed by atoms with E-state index in [1.54, 1.807) is 0 Å². The summed E-state index contributed by atoms with van der Waals surface area (Å²) in [6.45, 7) is 3.54. The third-order valence-electron chi connectivity index (χ3n) is 5.07. The fourth-order valence-electron chi connectivity index (χ4n) is 3.42. The summed E-state index contributed by atoms with van der Waals surface area (Å²) in [4.78, 5) is 16.9. The van der Waals surface area contributed by atoms with Crippen LogP contribution in [0, 0.1) is 0 Å². The van der Waals surface area contributed by atoms with Gasteiger partial charge in [-0.15, -0.1) is 11.3 Å². The van der Waals surface area contributed by atoms with Crippen molar-refractivity contribution in [1.82, 2.24) is 15.2 Å². The molecule has 0 fully saturated rings. The Bertz CT molecular complexity index is 1220. The first-order chi connectivity index (χ1) is 16.3. The van der Waals surface area contributed by atoms with Crippen LogP contribution in [0.25, 0.3) is 11.3 Å². The highest BCUT2D eigenvalue weighted by Crippen LogP contribution is 2.36. The lowest BCUT2D eigenvalue weighted by molar-refractivity contribution is -0.137. The van der Waals surface area contributed by atoms with Crippen LogP contribution in [0.5, 0.6) is 11.5 Å². The summed E-state index contributed by atoms with van der Waals surface area (Å²) in [6, 6.07) is 10.1. The molecule has 0 atom stereocenters. The van der Waals surface area contributed by atoms with Crippen molar-refractivity contribution in [3.63, 3.8) is 0 Å². The van der Waals surface area contributed by atoms with Crippen LogP contribution in [-0.2, 0) is 12.7 Å². The topological polar surface area (TPSA) is 76.9 Å². The van der Waals surface area contributed by atoms with E-state index < -0.39 is 11.7 Å². The molecule has 1 aromatic heterocycles. The summed E-state index contributed by atoms with van der Waals surface area (Å²) >= 11 is 1.38. The minimum absolute atomic E-state index is 0.169. The van der Waals surface area contributed by atoms with E-state index in [0.29, 0.717) is 48.0 Å². The van der Waals surface area contributed by atoms with E-state index in [1.807, 2.05) is 35.1 Å². The number of halogens is 3. The first-order valence-electron chi connectivity index (χ1n) is 10.7. The SMILES string of the molecule is CCNC(=O)NCCCn1c(-c2ccc3c(c2)OCO3)cs/c1=N\c1ccc(C(F)(F)F)cc1. The molecule has 2 amide bonds. The van der Waals surface area contributed by atoms with Gasteiger partial charge in [-0.25, -0.2) is 9.79 Å². The molecule has 0 aliphatic carbocycles. The Morgan fingerprint density at radius 2 is 1.88 bits per heavy atom. The standard InChI is InChI=1S/C23H23F3N4O3S/c1-2-27-21(31)28-10-3-11-30-18(15-4-9-19-20(12-15)33-14-32-19)13-34-22(30)29-17-7-5-16(6-8-17)23(24,25)26/h4-9,12-13H,2-3,10-11,14H2,1H3,(H2,27,28,31)/b29-22-. The van der Waals surface area contributed by atoms with Crippen molar-refractivity contribution in [2.75, 3.05) is 19.9 Å². The van der Waals surface area contributed by atoms with Crippen LogP contribution in [0.2, 0.25) is 0 Å². The highest BCUT2D eigenvalue weighted by molar-refractivity contribution is 7.07. The maximum absolute atomic E-state index is 12.9. The zero-order valence-corrected chi connectivity index (χ0v) is 19.1. The number of carbonyl (C=O) groups excluding carboxylic acids is 1. The number of amides is 2. The van der Waals surface area contributed by atoms with Crippen LogP contribution < -0.4 is 24.9 Å². The minimum atomic E-state index is -4.40. The van der Waals surface area contributed by atoms with Gasteiger partial charge >= 0.3 is 12.2 Å². The number of nitrogens with one attached hydrogen (secondary N) is 2. The van der Waals surface area contributed by atoms with Gasteiger partial charge in [0.15, 0.2) is 16.3 Å². The molecular formula is C23H23F3N4O3S. The van der Waals surface area contributed by atoms with Gasteiger partial charge in [-0.3, -0.25) is 0 Å². The molecule has 2 N–H and O–H groups in total. The lowest BCUT2D eigenvalue weighted by Gasteiger charge is -2.11. The zero-order valence-electron chi connectivity index (χ0n) is 18.3. The Morgan fingerprint density at radius 1 is 1.12 bits per heavy atom. The van der Waals surface area contributed by atoms with E-state index in [2.05, 4.69) is 15.6 Å². The highest BCUT2D eigenvalue weighted by Gasteiger charge is 2.29. The summed E-state index contributed by atoms with van der Waals surface area (Å²) in [6.07, 6.45) is -3.77. The minimum Gasteiger partial charge on any atom is -0.454 e. The second-order valence-electron chi connectivity index (χ2n) is 7.42. The van der Waals surface area contributed by atoms with E-state index in [1.165, 1.54) is 23.5 Å². The van der Waals surface area contributed by atoms with Crippen LogP contribution in [0.1, 0.15) is 18.9 Å². The summed E-state index contributed by atoms with van der Waals surface area (Å²) < 4.78 is 51.5. The molecule has 0 radical (unpaired) electrons. The highest BCUT2D eigenvalue weighted by atomic mass is 32.1. The molecule has 3 aromatic rings. The van der Waals surface area contributed by atoms with Crippen LogP contribution in [0.15, 0.2) is 52.8 Å². The summed E-state index contributed by atoms with van der Waals surface area (Å²) in [7, 11) is 0. The van der Waals surface area contributed by atoms with Crippen molar-refractivity contribution >= 4 is 23.1 Å². The summed E-state index contributed by atoms with van der Waals surface area (Å²) in [5.41, 5.74) is 1.47. The number of benzene rings is 2. The summed E-state index contributed by atoms with van der Waals surface area (Å²) in [5, 5.41) is 7.42. The van der Waals surface area contributed by atoms with Gasteiger partial charge in [0.1, 0.15) is 0 Å². The van der Waals surface area contributed by atoms with Crippen LogP contribution in [0.3, 0.4) is 0 Å². The molecule has 4 rings (SSSR count). The zero-order chi connectivity index (χ0) is 24.1. The molecule has 0 saturated heterocycles. The maximum Gasteiger partial charge on any atom is 0.416 e. The van der Waals surface area contributed by atoms with Gasteiger partial charge in [0.2, 0.25) is 6.79 Å². The van der Waals surface area contributed by atoms with Crippen molar-refractivity contribution in [1.29, 1.82) is 0 Å². The molecule has 0 unspecified atom stereocenters. The smallest absolute Gasteiger partial charge is 0.416 e.